The second-order valence-corrected chi connectivity index (χ2v) is 8.22. The van der Waals surface area contributed by atoms with Crippen LogP contribution in [0.25, 0.3) is 11.0 Å². The summed E-state index contributed by atoms with van der Waals surface area (Å²) in [5.74, 6) is 1.48. The molecule has 1 amide bonds. The Morgan fingerprint density at radius 1 is 1.00 bits per heavy atom. The maximum Gasteiger partial charge on any atom is 0.262 e. The van der Waals surface area contributed by atoms with Crippen LogP contribution in [0.15, 0.2) is 72.8 Å². The number of fused-ring (bicyclic) bond motifs is 3. The fourth-order valence-electron chi connectivity index (χ4n) is 4.02. The number of nitrogens with one attached hydrogen (secondary N) is 1. The van der Waals surface area contributed by atoms with Gasteiger partial charge in [0.25, 0.3) is 5.91 Å². The van der Waals surface area contributed by atoms with E-state index in [0.717, 1.165) is 48.8 Å². The Morgan fingerprint density at radius 2 is 1.78 bits per heavy atom. The number of rotatable bonds is 5. The number of aromatic nitrogens is 2. The minimum Gasteiger partial charge on any atom is -0.484 e. The number of carbonyl (C=O) groups is 1. The number of para-hydroxylation sites is 2. The molecule has 7 heteroatoms. The highest BCUT2D eigenvalue weighted by Crippen LogP contribution is 2.25. The zero-order valence-electron chi connectivity index (χ0n) is 17.5. The molecule has 1 aliphatic heterocycles. The molecule has 0 atom stereocenters. The summed E-state index contributed by atoms with van der Waals surface area (Å²) in [5, 5.41) is 3.50. The molecule has 162 valence electrons. The summed E-state index contributed by atoms with van der Waals surface area (Å²) < 4.78 is 7.82. The number of imidazole rings is 1. The Morgan fingerprint density at radius 3 is 2.59 bits per heavy atom. The van der Waals surface area contributed by atoms with E-state index in [0.29, 0.717) is 10.8 Å². The van der Waals surface area contributed by atoms with Gasteiger partial charge in [-0.05, 0) is 67.1 Å². The van der Waals surface area contributed by atoms with Crippen molar-refractivity contribution in [2.45, 2.75) is 19.5 Å². The van der Waals surface area contributed by atoms with Crippen molar-refractivity contribution in [2.24, 2.45) is 0 Å². The van der Waals surface area contributed by atoms with Gasteiger partial charge in [0.05, 0.1) is 17.6 Å². The third kappa shape index (κ3) is 4.41. The first-order valence-corrected chi connectivity index (χ1v) is 11.0. The molecule has 1 N–H and O–H groups in total. The summed E-state index contributed by atoms with van der Waals surface area (Å²) in [6.45, 7) is 2.62. The van der Waals surface area contributed by atoms with Gasteiger partial charge in [-0.2, -0.15) is 0 Å². The van der Waals surface area contributed by atoms with E-state index in [1.54, 1.807) is 24.3 Å². The zero-order chi connectivity index (χ0) is 21.9. The molecule has 2 heterocycles. The second-order valence-electron chi connectivity index (χ2n) is 7.78. The highest BCUT2D eigenvalue weighted by Gasteiger charge is 2.18. The number of nitrogens with zero attached hydrogens (tertiary/aromatic N) is 3. The molecular formula is C25H23ClN4O2. The number of ether oxygens (including phenoxy) is 1. The van der Waals surface area contributed by atoms with Gasteiger partial charge in [0.15, 0.2) is 6.61 Å². The van der Waals surface area contributed by atoms with Crippen LogP contribution < -0.4 is 15.0 Å². The van der Waals surface area contributed by atoms with Crippen LogP contribution in [0.4, 0.5) is 11.4 Å². The monoisotopic (exact) mass is 446 g/mol. The smallest absolute Gasteiger partial charge is 0.262 e. The van der Waals surface area contributed by atoms with Crippen molar-refractivity contribution in [3.05, 3.63) is 83.6 Å². The number of halogens is 1. The van der Waals surface area contributed by atoms with Crippen molar-refractivity contribution in [3.63, 3.8) is 0 Å². The lowest BCUT2D eigenvalue weighted by Gasteiger charge is -2.22. The van der Waals surface area contributed by atoms with E-state index in [1.165, 1.54) is 5.52 Å². The Labute approximate surface area is 191 Å². The van der Waals surface area contributed by atoms with E-state index >= 15 is 0 Å². The van der Waals surface area contributed by atoms with Gasteiger partial charge in [0.1, 0.15) is 11.6 Å². The summed E-state index contributed by atoms with van der Waals surface area (Å²) in [4.78, 5) is 19.4. The third-order valence-corrected chi connectivity index (χ3v) is 5.83. The molecule has 32 heavy (non-hydrogen) atoms. The van der Waals surface area contributed by atoms with Crippen LogP contribution in [0.5, 0.6) is 5.75 Å². The van der Waals surface area contributed by atoms with Crippen LogP contribution in [0, 0.1) is 0 Å². The molecule has 0 radical (unpaired) electrons. The molecule has 0 saturated heterocycles. The van der Waals surface area contributed by atoms with E-state index in [-0.39, 0.29) is 12.5 Å². The molecule has 0 saturated carbocycles. The number of aryl methyl sites for hydroxylation is 1. The van der Waals surface area contributed by atoms with Crippen LogP contribution >= 0.6 is 11.6 Å². The Kier molecular flexibility index (Phi) is 5.69. The topological polar surface area (TPSA) is 59.4 Å². The lowest BCUT2D eigenvalue weighted by atomic mass is 10.2. The predicted octanol–water partition coefficient (Wildman–Crippen LogP) is 5.12. The van der Waals surface area contributed by atoms with Crippen molar-refractivity contribution in [1.29, 1.82) is 0 Å². The van der Waals surface area contributed by atoms with E-state index in [1.807, 2.05) is 30.3 Å². The lowest BCUT2D eigenvalue weighted by Crippen LogP contribution is -2.23. The van der Waals surface area contributed by atoms with E-state index in [2.05, 4.69) is 33.0 Å². The van der Waals surface area contributed by atoms with Crippen molar-refractivity contribution >= 4 is 39.9 Å². The van der Waals surface area contributed by atoms with E-state index < -0.39 is 0 Å². The molecule has 1 aliphatic rings. The number of amides is 1. The molecule has 0 fully saturated rings. The SMILES string of the molecule is O=C(COc1ccc(Cl)cc1)Nc1ccc(N2CCCn3c(nc4ccccc43)C2)cc1. The predicted molar refractivity (Wildman–Crippen MR) is 127 cm³/mol. The summed E-state index contributed by atoms with van der Waals surface area (Å²) in [5.41, 5.74) is 4.09. The fraction of sp³-hybridized carbons (Fsp3) is 0.200. The molecule has 6 nitrogen and oxygen atoms in total. The largest absolute Gasteiger partial charge is 0.484 e. The quantitative estimate of drug-likeness (QED) is 0.462. The summed E-state index contributed by atoms with van der Waals surface area (Å²) >= 11 is 5.86. The minimum atomic E-state index is -0.212. The first-order chi connectivity index (χ1) is 15.7. The number of carbonyl (C=O) groups excluding carboxylic acids is 1. The van der Waals surface area contributed by atoms with Gasteiger partial charge < -0.3 is 19.5 Å². The molecule has 3 aromatic carbocycles. The van der Waals surface area contributed by atoms with Crippen molar-refractivity contribution in [1.82, 2.24) is 9.55 Å². The summed E-state index contributed by atoms with van der Waals surface area (Å²) in [7, 11) is 0. The first-order valence-electron chi connectivity index (χ1n) is 10.6. The fourth-order valence-corrected chi connectivity index (χ4v) is 4.14. The van der Waals surface area contributed by atoms with Gasteiger partial charge in [-0.25, -0.2) is 4.98 Å². The summed E-state index contributed by atoms with van der Waals surface area (Å²) in [6.07, 6.45) is 1.05. The average Bonchev–Trinajstić information content (AvgIpc) is 3.02. The summed E-state index contributed by atoms with van der Waals surface area (Å²) in [6, 6.07) is 23.1. The molecule has 4 aromatic rings. The van der Waals surface area contributed by atoms with Gasteiger partial charge >= 0.3 is 0 Å². The standard InChI is InChI=1S/C25H23ClN4O2/c26-18-6-12-21(13-7-18)32-17-25(31)27-19-8-10-20(11-9-19)29-14-3-15-30-23-5-2-1-4-22(23)28-24(30)16-29/h1-2,4-13H,3,14-17H2,(H,27,31). The molecule has 5 rings (SSSR count). The number of hydrogen-bond acceptors (Lipinski definition) is 4. The Balaban J connectivity index is 1.22. The van der Waals surface area contributed by atoms with E-state index in [9.17, 15) is 4.79 Å². The third-order valence-electron chi connectivity index (χ3n) is 5.58. The van der Waals surface area contributed by atoms with Crippen LogP contribution in [-0.4, -0.2) is 28.6 Å². The zero-order valence-corrected chi connectivity index (χ0v) is 18.3. The molecule has 0 aliphatic carbocycles. The molecule has 0 unspecified atom stereocenters. The van der Waals surface area contributed by atoms with Crippen LogP contribution in [-0.2, 0) is 17.9 Å². The molecule has 0 bridgehead atoms. The number of hydrogen-bond donors (Lipinski definition) is 1. The van der Waals surface area contributed by atoms with Crippen LogP contribution in [0.2, 0.25) is 5.02 Å². The Hall–Kier alpha value is -3.51. The van der Waals surface area contributed by atoms with E-state index in [4.69, 9.17) is 21.3 Å². The minimum absolute atomic E-state index is 0.0638. The van der Waals surface area contributed by atoms with Crippen molar-refractivity contribution in [2.75, 3.05) is 23.4 Å². The van der Waals surface area contributed by atoms with Gasteiger partial charge in [-0.15, -0.1) is 0 Å². The highest BCUT2D eigenvalue weighted by molar-refractivity contribution is 6.30. The highest BCUT2D eigenvalue weighted by atomic mass is 35.5. The number of benzene rings is 3. The molecular weight excluding hydrogens is 424 g/mol. The normalized spacial score (nSPS) is 13.5. The van der Waals surface area contributed by atoms with Gasteiger partial charge in [0.2, 0.25) is 0 Å². The second kappa shape index (κ2) is 8.93. The van der Waals surface area contributed by atoms with Gasteiger partial charge in [0, 0.05) is 29.5 Å². The molecule has 1 aromatic heterocycles. The van der Waals surface area contributed by atoms with Crippen LogP contribution in [0.1, 0.15) is 12.2 Å². The molecule has 0 spiro atoms. The Bertz CT molecular complexity index is 1240. The van der Waals surface area contributed by atoms with Crippen molar-refractivity contribution < 1.29 is 9.53 Å². The van der Waals surface area contributed by atoms with Crippen LogP contribution in [0.3, 0.4) is 0 Å². The van der Waals surface area contributed by atoms with Gasteiger partial charge in [-0.3, -0.25) is 4.79 Å². The lowest BCUT2D eigenvalue weighted by molar-refractivity contribution is -0.118. The van der Waals surface area contributed by atoms with Gasteiger partial charge in [-0.1, -0.05) is 23.7 Å². The van der Waals surface area contributed by atoms with Crippen molar-refractivity contribution in [3.8, 4) is 5.75 Å². The average molecular weight is 447 g/mol. The maximum atomic E-state index is 12.2. The number of anilines is 2. The first kappa shape index (κ1) is 20.4. The maximum absolute atomic E-state index is 12.2.